The molecule has 2 aromatic carbocycles. The molecule has 1 atom stereocenters. The second kappa shape index (κ2) is 10.7. The monoisotopic (exact) mass is 465 g/mol. The molecule has 2 amide bonds. The number of para-hydroxylation sites is 1. The van der Waals surface area contributed by atoms with E-state index in [4.69, 9.17) is 9.15 Å². The summed E-state index contributed by atoms with van der Waals surface area (Å²) < 4.78 is 26.8. The lowest BCUT2D eigenvalue weighted by Crippen LogP contribution is -2.45. The number of furan rings is 1. The summed E-state index contributed by atoms with van der Waals surface area (Å²) in [5.74, 6) is -1.15. The van der Waals surface area contributed by atoms with Gasteiger partial charge in [0.1, 0.15) is 29.7 Å². The number of carbonyl (C=O) groups excluding carboxylic acids is 2. The predicted molar refractivity (Wildman–Crippen MR) is 121 cm³/mol. The van der Waals surface area contributed by atoms with Crippen LogP contribution in [0, 0.1) is 5.82 Å². The Bertz CT molecular complexity index is 1260. The normalized spacial score (nSPS) is 11.9. The molecule has 0 aliphatic heterocycles. The molecule has 0 aliphatic carbocycles. The molecule has 9 nitrogen and oxygen atoms in total. The lowest BCUT2D eigenvalue weighted by molar-refractivity contribution is -0.142. The Hall–Kier alpha value is -4.05. The first-order valence-electron chi connectivity index (χ1n) is 10.7. The zero-order chi connectivity index (χ0) is 23.9. The Balaban J connectivity index is 1.71. The van der Waals surface area contributed by atoms with Crippen molar-refractivity contribution >= 4 is 22.8 Å². The fourth-order valence-corrected chi connectivity index (χ4v) is 3.67. The fraction of sp³-hybridized carbons (Fsp3) is 0.250. The van der Waals surface area contributed by atoms with Crippen molar-refractivity contribution in [2.75, 3.05) is 20.3 Å². The van der Waals surface area contributed by atoms with E-state index in [2.05, 4.69) is 15.6 Å². The molecule has 0 radical (unpaired) electrons. The lowest BCUT2D eigenvalue weighted by Gasteiger charge is -2.31. The minimum absolute atomic E-state index is 0.0465. The number of fused-ring (bicyclic) bond motifs is 1. The van der Waals surface area contributed by atoms with Gasteiger partial charge in [0.2, 0.25) is 11.8 Å². The molecule has 0 unspecified atom stereocenters. The molecule has 0 aliphatic rings. The molecule has 4 rings (SSSR count). The van der Waals surface area contributed by atoms with Gasteiger partial charge in [0.15, 0.2) is 0 Å². The van der Waals surface area contributed by atoms with Gasteiger partial charge in [-0.25, -0.2) is 9.07 Å². The average molecular weight is 465 g/mol. The summed E-state index contributed by atoms with van der Waals surface area (Å²) >= 11 is 0. The SMILES string of the molecule is COCCNC(=O)[C@@H](c1ccccc1F)N(Cc1ccco1)C(=O)Cn1nnc2ccccc21. The summed E-state index contributed by atoms with van der Waals surface area (Å²) in [7, 11) is 1.51. The minimum atomic E-state index is -1.24. The average Bonchev–Trinajstić information content (AvgIpc) is 3.50. The van der Waals surface area contributed by atoms with Crippen molar-refractivity contribution in [1.29, 1.82) is 0 Å². The highest BCUT2D eigenvalue weighted by Crippen LogP contribution is 2.27. The van der Waals surface area contributed by atoms with E-state index in [9.17, 15) is 14.0 Å². The molecule has 34 heavy (non-hydrogen) atoms. The van der Waals surface area contributed by atoms with E-state index in [0.717, 1.165) is 0 Å². The Kier molecular flexibility index (Phi) is 7.28. The van der Waals surface area contributed by atoms with Gasteiger partial charge in [-0.2, -0.15) is 0 Å². The van der Waals surface area contributed by atoms with Crippen LogP contribution in [0.5, 0.6) is 0 Å². The topological polar surface area (TPSA) is 102 Å². The zero-order valence-corrected chi connectivity index (χ0v) is 18.6. The van der Waals surface area contributed by atoms with E-state index in [1.807, 2.05) is 12.1 Å². The van der Waals surface area contributed by atoms with Crippen LogP contribution in [0.3, 0.4) is 0 Å². The van der Waals surface area contributed by atoms with Gasteiger partial charge in [-0.15, -0.1) is 5.10 Å². The highest BCUT2D eigenvalue weighted by atomic mass is 19.1. The smallest absolute Gasteiger partial charge is 0.247 e. The van der Waals surface area contributed by atoms with Crippen molar-refractivity contribution in [3.63, 3.8) is 0 Å². The summed E-state index contributed by atoms with van der Waals surface area (Å²) in [6.07, 6.45) is 1.47. The van der Waals surface area contributed by atoms with Gasteiger partial charge in [-0.1, -0.05) is 35.5 Å². The maximum absolute atomic E-state index is 14.9. The molecule has 176 valence electrons. The van der Waals surface area contributed by atoms with Crippen LogP contribution >= 0.6 is 0 Å². The number of nitrogens with zero attached hydrogens (tertiary/aromatic N) is 4. The van der Waals surface area contributed by atoms with Gasteiger partial charge >= 0.3 is 0 Å². The second-order valence-corrected chi connectivity index (χ2v) is 7.54. The van der Waals surface area contributed by atoms with Gasteiger partial charge < -0.3 is 19.4 Å². The van der Waals surface area contributed by atoms with Crippen LogP contribution in [0.4, 0.5) is 4.39 Å². The van der Waals surface area contributed by atoms with E-state index in [1.54, 1.807) is 30.3 Å². The molecule has 0 bridgehead atoms. The molecule has 0 saturated carbocycles. The predicted octanol–water partition coefficient (Wildman–Crippen LogP) is 2.70. The first kappa shape index (κ1) is 23.1. The third-order valence-electron chi connectivity index (χ3n) is 5.30. The molecular weight excluding hydrogens is 441 g/mol. The molecule has 0 saturated heterocycles. The van der Waals surface area contributed by atoms with Crippen molar-refractivity contribution in [3.05, 3.63) is 84.1 Å². The number of methoxy groups -OCH3 is 1. The van der Waals surface area contributed by atoms with Gasteiger partial charge in [0, 0.05) is 19.2 Å². The summed E-state index contributed by atoms with van der Waals surface area (Å²) in [6, 6.07) is 15.2. The fourth-order valence-electron chi connectivity index (χ4n) is 3.67. The Morgan fingerprint density at radius 2 is 1.94 bits per heavy atom. The highest BCUT2D eigenvalue weighted by Gasteiger charge is 2.34. The maximum atomic E-state index is 14.9. The van der Waals surface area contributed by atoms with Crippen LogP contribution < -0.4 is 5.32 Å². The van der Waals surface area contributed by atoms with Crippen molar-refractivity contribution in [2.45, 2.75) is 19.1 Å². The Labute approximate surface area is 195 Å². The third-order valence-corrected chi connectivity index (χ3v) is 5.30. The third kappa shape index (κ3) is 5.12. The molecule has 10 heteroatoms. The van der Waals surface area contributed by atoms with E-state index in [-0.39, 0.29) is 31.8 Å². The van der Waals surface area contributed by atoms with E-state index >= 15 is 0 Å². The summed E-state index contributed by atoms with van der Waals surface area (Å²) in [6.45, 7) is 0.232. The molecule has 0 spiro atoms. The van der Waals surface area contributed by atoms with Crippen LogP contribution in [-0.2, 0) is 27.4 Å². The quantitative estimate of drug-likeness (QED) is 0.361. The van der Waals surface area contributed by atoms with Crippen LogP contribution in [0.15, 0.2) is 71.3 Å². The number of hydrogen-bond acceptors (Lipinski definition) is 6. The van der Waals surface area contributed by atoms with Crippen molar-refractivity contribution in [2.24, 2.45) is 0 Å². The Morgan fingerprint density at radius 1 is 1.15 bits per heavy atom. The molecule has 2 aromatic heterocycles. The second-order valence-electron chi connectivity index (χ2n) is 7.54. The number of ether oxygens (including phenoxy) is 1. The number of hydrogen-bond donors (Lipinski definition) is 1. The first-order chi connectivity index (χ1) is 16.6. The van der Waals surface area contributed by atoms with Crippen LogP contribution in [-0.4, -0.2) is 52.0 Å². The van der Waals surface area contributed by atoms with Crippen LogP contribution in [0.2, 0.25) is 0 Å². The number of aromatic nitrogens is 3. The van der Waals surface area contributed by atoms with Gasteiger partial charge in [-0.3, -0.25) is 9.59 Å². The van der Waals surface area contributed by atoms with Crippen LogP contribution in [0.1, 0.15) is 17.4 Å². The molecule has 1 N–H and O–H groups in total. The van der Waals surface area contributed by atoms with Crippen molar-refractivity contribution in [1.82, 2.24) is 25.2 Å². The van der Waals surface area contributed by atoms with Gasteiger partial charge in [-0.05, 0) is 30.3 Å². The van der Waals surface area contributed by atoms with Gasteiger partial charge in [0.25, 0.3) is 0 Å². The highest BCUT2D eigenvalue weighted by molar-refractivity contribution is 5.89. The van der Waals surface area contributed by atoms with Crippen molar-refractivity contribution < 1.29 is 23.1 Å². The van der Waals surface area contributed by atoms with Crippen LogP contribution in [0.25, 0.3) is 11.0 Å². The number of carbonyl (C=O) groups is 2. The zero-order valence-electron chi connectivity index (χ0n) is 18.6. The number of amides is 2. The number of rotatable bonds is 10. The molecule has 4 aromatic rings. The minimum Gasteiger partial charge on any atom is -0.467 e. The maximum Gasteiger partial charge on any atom is 0.247 e. The molecular formula is C24H24FN5O4. The Morgan fingerprint density at radius 3 is 2.71 bits per heavy atom. The lowest BCUT2D eigenvalue weighted by atomic mass is 10.0. The number of benzene rings is 2. The number of halogens is 1. The summed E-state index contributed by atoms with van der Waals surface area (Å²) in [4.78, 5) is 28.2. The molecule has 2 heterocycles. The molecule has 0 fully saturated rings. The first-order valence-corrected chi connectivity index (χ1v) is 10.7. The van der Waals surface area contributed by atoms with E-state index in [1.165, 1.54) is 41.2 Å². The van der Waals surface area contributed by atoms with Crippen molar-refractivity contribution in [3.8, 4) is 0 Å². The largest absolute Gasteiger partial charge is 0.467 e. The van der Waals surface area contributed by atoms with E-state index in [0.29, 0.717) is 16.8 Å². The number of nitrogens with one attached hydrogen (secondary N) is 1. The van der Waals surface area contributed by atoms with Gasteiger partial charge in [0.05, 0.1) is 24.9 Å². The van der Waals surface area contributed by atoms with E-state index < -0.39 is 23.7 Å². The standard InChI is InChI=1S/C24H24FN5O4/c1-33-14-12-26-24(32)23(18-8-2-3-9-19(18)25)29(15-17-7-6-13-34-17)22(31)16-30-21-11-5-4-10-20(21)27-28-30/h2-11,13,23H,12,14-16H2,1H3,(H,26,32)/t23-/m1/s1. The summed E-state index contributed by atoms with van der Waals surface area (Å²) in [5, 5.41) is 10.9. The summed E-state index contributed by atoms with van der Waals surface area (Å²) in [5.41, 5.74) is 1.37.